The van der Waals surface area contributed by atoms with E-state index in [0.29, 0.717) is 5.69 Å². The molecule has 0 atom stereocenters. The highest BCUT2D eigenvalue weighted by Gasteiger charge is 2.13. The summed E-state index contributed by atoms with van der Waals surface area (Å²) in [6, 6.07) is 8.53. The minimum atomic E-state index is -0.657. The van der Waals surface area contributed by atoms with E-state index in [1.807, 2.05) is 26.0 Å². The SMILES string of the molecule is Cc1ccc(NC(=O)c2cc([N+](=O)[O-])ccc2[O-])c(C)c1. The van der Waals surface area contributed by atoms with Crippen molar-refractivity contribution in [1.82, 2.24) is 0 Å². The molecule has 0 unspecified atom stereocenters. The van der Waals surface area contributed by atoms with Crippen LogP contribution < -0.4 is 10.4 Å². The van der Waals surface area contributed by atoms with E-state index in [2.05, 4.69) is 5.32 Å². The molecular formula is C15H13N2O4-. The summed E-state index contributed by atoms with van der Waals surface area (Å²) in [5.74, 6) is -1.21. The smallest absolute Gasteiger partial charge is 0.270 e. The molecule has 1 N–H and O–H groups in total. The Kier molecular flexibility index (Phi) is 3.89. The maximum Gasteiger partial charge on any atom is 0.270 e. The molecule has 1 amide bonds. The molecule has 0 aliphatic heterocycles. The van der Waals surface area contributed by atoms with E-state index in [4.69, 9.17) is 0 Å². The Morgan fingerprint density at radius 1 is 1.14 bits per heavy atom. The van der Waals surface area contributed by atoms with Crippen LogP contribution in [0.25, 0.3) is 0 Å². The molecule has 0 aliphatic rings. The van der Waals surface area contributed by atoms with Crippen LogP contribution in [0.1, 0.15) is 21.5 Å². The lowest BCUT2D eigenvalue weighted by molar-refractivity contribution is -0.385. The minimum Gasteiger partial charge on any atom is -0.872 e. The number of amides is 1. The van der Waals surface area contributed by atoms with Crippen LogP contribution in [-0.2, 0) is 0 Å². The molecule has 0 aromatic heterocycles. The Balaban J connectivity index is 2.32. The third-order valence-electron chi connectivity index (χ3n) is 3.05. The van der Waals surface area contributed by atoms with Gasteiger partial charge in [-0.25, -0.2) is 0 Å². The summed E-state index contributed by atoms with van der Waals surface area (Å²) < 4.78 is 0. The molecule has 0 saturated heterocycles. The number of nitrogens with one attached hydrogen (secondary N) is 1. The van der Waals surface area contributed by atoms with Gasteiger partial charge in [-0.3, -0.25) is 14.9 Å². The maximum atomic E-state index is 12.1. The van der Waals surface area contributed by atoms with Gasteiger partial charge in [0.25, 0.3) is 11.6 Å². The van der Waals surface area contributed by atoms with Gasteiger partial charge in [0, 0.05) is 23.4 Å². The van der Waals surface area contributed by atoms with Gasteiger partial charge in [-0.1, -0.05) is 29.5 Å². The number of aryl methyl sites for hydroxylation is 2. The highest BCUT2D eigenvalue weighted by atomic mass is 16.6. The van der Waals surface area contributed by atoms with Crippen LogP contribution in [0.5, 0.6) is 5.75 Å². The van der Waals surface area contributed by atoms with E-state index in [0.717, 1.165) is 29.3 Å². The second-order valence-corrected chi connectivity index (χ2v) is 4.71. The average Bonchev–Trinajstić information content (AvgIpc) is 2.42. The van der Waals surface area contributed by atoms with Crippen molar-refractivity contribution in [2.24, 2.45) is 0 Å². The highest BCUT2D eigenvalue weighted by molar-refractivity contribution is 6.06. The minimum absolute atomic E-state index is 0.246. The number of nitrogens with zero attached hydrogens (tertiary/aromatic N) is 1. The Labute approximate surface area is 121 Å². The van der Waals surface area contributed by atoms with E-state index in [9.17, 15) is 20.0 Å². The topological polar surface area (TPSA) is 95.3 Å². The van der Waals surface area contributed by atoms with Crippen LogP contribution in [-0.4, -0.2) is 10.8 Å². The first-order chi connectivity index (χ1) is 9.88. The Hall–Kier alpha value is -2.89. The molecule has 6 heteroatoms. The second kappa shape index (κ2) is 5.62. The molecule has 108 valence electrons. The van der Waals surface area contributed by atoms with Crippen LogP contribution >= 0.6 is 0 Å². The monoisotopic (exact) mass is 285 g/mol. The molecule has 0 fully saturated rings. The summed E-state index contributed by atoms with van der Waals surface area (Å²) in [7, 11) is 0. The van der Waals surface area contributed by atoms with Gasteiger partial charge in [-0.15, -0.1) is 0 Å². The molecule has 2 rings (SSSR count). The molecule has 0 heterocycles. The van der Waals surface area contributed by atoms with Gasteiger partial charge in [0.05, 0.1) is 4.92 Å². The number of carbonyl (C=O) groups excluding carboxylic acids is 1. The van der Waals surface area contributed by atoms with Gasteiger partial charge < -0.3 is 10.4 Å². The van der Waals surface area contributed by atoms with Gasteiger partial charge in [0.15, 0.2) is 0 Å². The van der Waals surface area contributed by atoms with Crippen molar-refractivity contribution < 1.29 is 14.8 Å². The zero-order chi connectivity index (χ0) is 15.6. The third-order valence-corrected chi connectivity index (χ3v) is 3.05. The van der Waals surface area contributed by atoms with Crippen molar-refractivity contribution in [3.8, 4) is 5.75 Å². The third kappa shape index (κ3) is 3.17. The van der Waals surface area contributed by atoms with Gasteiger partial charge in [-0.2, -0.15) is 0 Å². The number of non-ortho nitro benzene ring substituents is 1. The van der Waals surface area contributed by atoms with Gasteiger partial charge in [0.1, 0.15) is 0 Å². The molecule has 2 aromatic carbocycles. The maximum absolute atomic E-state index is 12.1. The molecule has 0 aliphatic carbocycles. The summed E-state index contributed by atoms with van der Waals surface area (Å²) in [6.45, 7) is 3.75. The largest absolute Gasteiger partial charge is 0.872 e. The number of rotatable bonds is 3. The van der Waals surface area contributed by atoms with E-state index in [1.54, 1.807) is 6.07 Å². The van der Waals surface area contributed by atoms with Crippen molar-refractivity contribution in [1.29, 1.82) is 0 Å². The fourth-order valence-corrected chi connectivity index (χ4v) is 1.95. The first kappa shape index (κ1) is 14.5. The summed E-state index contributed by atoms with van der Waals surface area (Å²) in [4.78, 5) is 22.2. The number of anilines is 1. The van der Waals surface area contributed by atoms with E-state index in [-0.39, 0.29) is 11.3 Å². The molecule has 21 heavy (non-hydrogen) atoms. The number of nitro benzene ring substituents is 1. The number of hydrogen-bond acceptors (Lipinski definition) is 4. The average molecular weight is 285 g/mol. The molecule has 2 aromatic rings. The Morgan fingerprint density at radius 3 is 2.48 bits per heavy atom. The number of benzene rings is 2. The first-order valence-corrected chi connectivity index (χ1v) is 6.22. The first-order valence-electron chi connectivity index (χ1n) is 6.22. The van der Waals surface area contributed by atoms with Crippen LogP contribution in [0, 0.1) is 24.0 Å². The summed E-state index contributed by atoms with van der Waals surface area (Å²) in [5.41, 5.74) is 1.92. The molecule has 0 radical (unpaired) electrons. The number of nitro groups is 1. The van der Waals surface area contributed by atoms with Crippen molar-refractivity contribution in [2.45, 2.75) is 13.8 Å². The van der Waals surface area contributed by atoms with Crippen molar-refractivity contribution in [2.75, 3.05) is 5.32 Å². The van der Waals surface area contributed by atoms with E-state index in [1.165, 1.54) is 0 Å². The summed E-state index contributed by atoms with van der Waals surface area (Å²) >= 11 is 0. The summed E-state index contributed by atoms with van der Waals surface area (Å²) in [6.07, 6.45) is 0. The van der Waals surface area contributed by atoms with Crippen LogP contribution in [0.3, 0.4) is 0 Å². The van der Waals surface area contributed by atoms with Crippen LogP contribution in [0.4, 0.5) is 11.4 Å². The Bertz CT molecular complexity index is 726. The van der Waals surface area contributed by atoms with Crippen molar-refractivity contribution >= 4 is 17.3 Å². The fraction of sp³-hybridized carbons (Fsp3) is 0.133. The molecule has 0 spiro atoms. The quantitative estimate of drug-likeness (QED) is 0.692. The zero-order valence-electron chi connectivity index (χ0n) is 11.5. The second-order valence-electron chi connectivity index (χ2n) is 4.71. The predicted octanol–water partition coefficient (Wildman–Crippen LogP) is 2.54. The van der Waals surface area contributed by atoms with Crippen molar-refractivity contribution in [3.05, 3.63) is 63.2 Å². The normalized spacial score (nSPS) is 10.2. The van der Waals surface area contributed by atoms with Gasteiger partial charge >= 0.3 is 0 Å². The lowest BCUT2D eigenvalue weighted by Gasteiger charge is -2.14. The standard InChI is InChI=1S/C15H14N2O4/c1-9-3-5-13(10(2)7-9)16-15(19)12-8-11(17(20)21)4-6-14(12)18/h3-8,18H,1-2H3,(H,16,19)/p-1. The molecule has 0 saturated carbocycles. The zero-order valence-corrected chi connectivity index (χ0v) is 11.5. The lowest BCUT2D eigenvalue weighted by atomic mass is 10.1. The predicted molar refractivity (Wildman–Crippen MR) is 76.4 cm³/mol. The van der Waals surface area contributed by atoms with Crippen molar-refractivity contribution in [3.63, 3.8) is 0 Å². The summed E-state index contributed by atoms with van der Waals surface area (Å²) in [5, 5.41) is 25.0. The fourth-order valence-electron chi connectivity index (χ4n) is 1.95. The molecule has 0 bridgehead atoms. The Morgan fingerprint density at radius 2 is 1.86 bits per heavy atom. The van der Waals surface area contributed by atoms with E-state index >= 15 is 0 Å². The number of carbonyl (C=O) groups is 1. The molecular weight excluding hydrogens is 272 g/mol. The van der Waals surface area contributed by atoms with E-state index < -0.39 is 16.6 Å². The lowest BCUT2D eigenvalue weighted by Crippen LogP contribution is -2.15. The molecule has 6 nitrogen and oxygen atoms in total. The van der Waals surface area contributed by atoms with Gasteiger partial charge in [0.2, 0.25) is 0 Å². The van der Waals surface area contributed by atoms with Crippen LogP contribution in [0.15, 0.2) is 36.4 Å². The van der Waals surface area contributed by atoms with Crippen LogP contribution in [0.2, 0.25) is 0 Å². The number of hydrogen-bond donors (Lipinski definition) is 1. The van der Waals surface area contributed by atoms with Gasteiger partial charge in [-0.05, 0) is 25.5 Å². The highest BCUT2D eigenvalue weighted by Crippen LogP contribution is 2.23.